The fourth-order valence-electron chi connectivity index (χ4n) is 1.23. The zero-order valence-electron chi connectivity index (χ0n) is 9.42. The summed E-state index contributed by atoms with van der Waals surface area (Å²) in [6.45, 7) is 0. The second-order valence-corrected chi connectivity index (χ2v) is 4.49. The van der Waals surface area contributed by atoms with Crippen molar-refractivity contribution in [2.24, 2.45) is 0 Å². The van der Waals surface area contributed by atoms with Crippen LogP contribution in [-0.2, 0) is 15.8 Å². The van der Waals surface area contributed by atoms with Gasteiger partial charge in [0, 0.05) is 10.9 Å². The molecule has 8 heteroatoms. The van der Waals surface area contributed by atoms with Gasteiger partial charge in [-0.3, -0.25) is 9.59 Å². The van der Waals surface area contributed by atoms with E-state index in [1.165, 1.54) is 0 Å². The molecule has 0 unspecified atom stereocenters. The Labute approximate surface area is 114 Å². The van der Waals surface area contributed by atoms with E-state index >= 15 is 0 Å². The summed E-state index contributed by atoms with van der Waals surface area (Å²) in [5.74, 6) is -1.82. The molecule has 1 aromatic rings. The Hall–Kier alpha value is -1.57. The molecule has 1 amide bonds. The molecule has 0 aromatic heterocycles. The lowest BCUT2D eigenvalue weighted by Crippen LogP contribution is -2.14. The number of nitrogens with one attached hydrogen (secondary N) is 1. The Balaban J connectivity index is 2.83. The highest BCUT2D eigenvalue weighted by Gasteiger charge is 2.31. The number of hydrogen-bond donors (Lipinski definition) is 2. The number of amides is 1. The van der Waals surface area contributed by atoms with Crippen LogP contribution >= 0.6 is 15.9 Å². The van der Waals surface area contributed by atoms with Gasteiger partial charge in [-0.1, -0.05) is 0 Å². The van der Waals surface area contributed by atoms with Crippen LogP contribution in [0.25, 0.3) is 0 Å². The summed E-state index contributed by atoms with van der Waals surface area (Å²) >= 11 is 3.01. The maximum atomic E-state index is 12.5. The molecular formula is C11H9BrF3NO3. The van der Waals surface area contributed by atoms with Gasteiger partial charge in [-0.15, -0.1) is 0 Å². The van der Waals surface area contributed by atoms with E-state index in [2.05, 4.69) is 21.2 Å². The number of anilines is 1. The zero-order chi connectivity index (χ0) is 14.6. The fourth-order valence-corrected chi connectivity index (χ4v) is 1.58. The molecular weight excluding hydrogens is 331 g/mol. The van der Waals surface area contributed by atoms with E-state index in [1.807, 2.05) is 0 Å². The summed E-state index contributed by atoms with van der Waals surface area (Å²) in [7, 11) is 0. The molecule has 104 valence electrons. The van der Waals surface area contributed by atoms with Gasteiger partial charge < -0.3 is 10.4 Å². The number of benzene rings is 1. The van der Waals surface area contributed by atoms with Crippen molar-refractivity contribution >= 4 is 33.5 Å². The normalized spacial score (nSPS) is 11.2. The number of carbonyl (C=O) groups excluding carboxylic acids is 1. The molecule has 0 saturated heterocycles. The lowest BCUT2D eigenvalue weighted by atomic mass is 10.2. The molecule has 0 spiro atoms. The van der Waals surface area contributed by atoms with Crippen LogP contribution in [0.2, 0.25) is 0 Å². The van der Waals surface area contributed by atoms with Crippen molar-refractivity contribution in [3.05, 3.63) is 28.2 Å². The molecule has 0 radical (unpaired) electrons. The van der Waals surface area contributed by atoms with E-state index in [4.69, 9.17) is 5.11 Å². The smallest absolute Gasteiger partial charge is 0.416 e. The first kappa shape index (κ1) is 15.5. The number of rotatable bonds is 4. The van der Waals surface area contributed by atoms with Crippen LogP contribution in [0.15, 0.2) is 22.7 Å². The average Bonchev–Trinajstić information content (AvgIpc) is 2.28. The maximum Gasteiger partial charge on any atom is 0.416 e. The second-order valence-electron chi connectivity index (χ2n) is 3.63. The minimum absolute atomic E-state index is 0.0507. The first-order chi connectivity index (χ1) is 8.70. The highest BCUT2D eigenvalue weighted by molar-refractivity contribution is 9.10. The largest absolute Gasteiger partial charge is 0.481 e. The molecule has 1 rings (SSSR count). The quantitative estimate of drug-likeness (QED) is 0.884. The Bertz CT molecular complexity index is 502. The van der Waals surface area contributed by atoms with E-state index in [9.17, 15) is 22.8 Å². The lowest BCUT2D eigenvalue weighted by Gasteiger charge is -2.11. The van der Waals surface area contributed by atoms with Crippen molar-refractivity contribution in [1.29, 1.82) is 0 Å². The van der Waals surface area contributed by atoms with E-state index in [1.54, 1.807) is 0 Å². The summed E-state index contributed by atoms with van der Waals surface area (Å²) in [6.07, 6.45) is -5.21. The van der Waals surface area contributed by atoms with Gasteiger partial charge in [-0.05, 0) is 34.1 Å². The minimum atomic E-state index is -4.51. The van der Waals surface area contributed by atoms with Crippen LogP contribution < -0.4 is 5.32 Å². The van der Waals surface area contributed by atoms with E-state index in [0.29, 0.717) is 0 Å². The molecule has 0 aliphatic rings. The number of hydrogen-bond acceptors (Lipinski definition) is 2. The molecule has 1 aromatic carbocycles. The summed E-state index contributed by atoms with van der Waals surface area (Å²) < 4.78 is 37.7. The summed E-state index contributed by atoms with van der Waals surface area (Å²) in [5.41, 5.74) is -0.950. The van der Waals surface area contributed by atoms with Crippen LogP contribution in [0, 0.1) is 0 Å². The topological polar surface area (TPSA) is 66.4 Å². The van der Waals surface area contributed by atoms with Crippen molar-refractivity contribution < 1.29 is 27.9 Å². The van der Waals surface area contributed by atoms with Gasteiger partial charge in [0.25, 0.3) is 0 Å². The maximum absolute atomic E-state index is 12.5. The molecule has 0 heterocycles. The second kappa shape index (κ2) is 6.05. The van der Waals surface area contributed by atoms with Gasteiger partial charge in [-0.25, -0.2) is 0 Å². The minimum Gasteiger partial charge on any atom is -0.481 e. The van der Waals surface area contributed by atoms with Crippen molar-refractivity contribution in [3.63, 3.8) is 0 Å². The molecule has 0 bridgehead atoms. The summed E-state index contributed by atoms with van der Waals surface area (Å²) in [4.78, 5) is 21.6. The third kappa shape index (κ3) is 4.90. The number of aliphatic carboxylic acids is 1. The standard InChI is InChI=1S/C11H9BrF3NO3/c12-7-2-1-6(11(13,14)15)5-8(7)16-9(17)3-4-10(18)19/h1-2,5H,3-4H2,(H,16,17)(H,18,19). The van der Waals surface area contributed by atoms with Crippen LogP contribution in [0.4, 0.5) is 18.9 Å². The van der Waals surface area contributed by atoms with Crippen molar-refractivity contribution in [2.45, 2.75) is 19.0 Å². The van der Waals surface area contributed by atoms with Crippen LogP contribution in [0.3, 0.4) is 0 Å². The van der Waals surface area contributed by atoms with Gasteiger partial charge >= 0.3 is 12.1 Å². The molecule has 0 aliphatic heterocycles. The first-order valence-electron chi connectivity index (χ1n) is 5.08. The van der Waals surface area contributed by atoms with Crippen LogP contribution in [-0.4, -0.2) is 17.0 Å². The molecule has 19 heavy (non-hydrogen) atoms. The van der Waals surface area contributed by atoms with Crippen LogP contribution in [0.1, 0.15) is 18.4 Å². The average molecular weight is 340 g/mol. The molecule has 0 atom stereocenters. The molecule has 4 nitrogen and oxygen atoms in total. The number of halogens is 4. The van der Waals surface area contributed by atoms with Gasteiger partial charge in [0.05, 0.1) is 17.7 Å². The van der Waals surface area contributed by atoms with Crippen LogP contribution in [0.5, 0.6) is 0 Å². The molecule has 2 N–H and O–H groups in total. The van der Waals surface area contributed by atoms with Gasteiger partial charge in [-0.2, -0.15) is 13.2 Å². The number of carboxylic acids is 1. The molecule has 0 fully saturated rings. The Kier molecular flexibility index (Phi) is 4.93. The van der Waals surface area contributed by atoms with E-state index < -0.39 is 23.6 Å². The highest BCUT2D eigenvalue weighted by atomic mass is 79.9. The Morgan fingerprint density at radius 3 is 2.42 bits per heavy atom. The van der Waals surface area contributed by atoms with Gasteiger partial charge in [0.2, 0.25) is 5.91 Å². The van der Waals surface area contributed by atoms with E-state index in [0.717, 1.165) is 18.2 Å². The van der Waals surface area contributed by atoms with Crippen molar-refractivity contribution in [2.75, 3.05) is 5.32 Å². The predicted molar refractivity (Wildman–Crippen MR) is 64.6 cm³/mol. The molecule has 0 saturated carbocycles. The zero-order valence-corrected chi connectivity index (χ0v) is 11.0. The third-order valence-corrected chi connectivity index (χ3v) is 2.83. The van der Waals surface area contributed by atoms with Crippen molar-refractivity contribution in [3.8, 4) is 0 Å². The lowest BCUT2D eigenvalue weighted by molar-refractivity contribution is -0.138. The number of carboxylic acid groups (broad SMARTS) is 1. The number of carbonyl (C=O) groups is 2. The SMILES string of the molecule is O=C(O)CCC(=O)Nc1cc(C(F)(F)F)ccc1Br. The Morgan fingerprint density at radius 1 is 1.26 bits per heavy atom. The monoisotopic (exact) mass is 339 g/mol. The third-order valence-electron chi connectivity index (χ3n) is 2.13. The van der Waals surface area contributed by atoms with Gasteiger partial charge in [0.15, 0.2) is 0 Å². The van der Waals surface area contributed by atoms with Crippen molar-refractivity contribution in [1.82, 2.24) is 0 Å². The molecule has 0 aliphatic carbocycles. The Morgan fingerprint density at radius 2 is 1.89 bits per heavy atom. The highest BCUT2D eigenvalue weighted by Crippen LogP contribution is 2.33. The predicted octanol–water partition coefficient (Wildman–Crippen LogP) is 3.27. The van der Waals surface area contributed by atoms with Gasteiger partial charge in [0.1, 0.15) is 0 Å². The number of alkyl halides is 3. The fraction of sp³-hybridized carbons (Fsp3) is 0.273. The summed E-state index contributed by atoms with van der Waals surface area (Å²) in [5, 5.41) is 10.6. The van der Waals surface area contributed by atoms with E-state index in [-0.39, 0.29) is 23.0 Å². The summed E-state index contributed by atoms with van der Waals surface area (Å²) in [6, 6.07) is 2.81. The first-order valence-corrected chi connectivity index (χ1v) is 5.88.